The first-order valence-electron chi connectivity index (χ1n) is 5.52. The molecule has 16 heavy (non-hydrogen) atoms. The van der Waals surface area contributed by atoms with E-state index < -0.39 is 0 Å². The van der Waals surface area contributed by atoms with Gasteiger partial charge in [-0.3, -0.25) is 4.57 Å². The first-order chi connectivity index (χ1) is 7.57. The minimum absolute atomic E-state index is 0.158. The molecule has 0 aromatic carbocycles. The van der Waals surface area contributed by atoms with Crippen LogP contribution in [0.15, 0.2) is 9.27 Å². The summed E-state index contributed by atoms with van der Waals surface area (Å²) in [6.45, 7) is 8.44. The molecule has 1 aromatic heterocycles. The largest absolute Gasteiger partial charge is 0.348 e. The summed E-state index contributed by atoms with van der Waals surface area (Å²) in [7, 11) is 0. The van der Waals surface area contributed by atoms with Gasteiger partial charge in [-0.05, 0) is 49.3 Å². The molecule has 1 heterocycles. The van der Waals surface area contributed by atoms with Gasteiger partial charge in [-0.15, -0.1) is 0 Å². The molecule has 0 saturated heterocycles. The Morgan fingerprint density at radius 1 is 1.44 bits per heavy atom. The van der Waals surface area contributed by atoms with Crippen molar-refractivity contribution in [3.05, 3.63) is 26.3 Å². The highest BCUT2D eigenvalue weighted by atomic mass is 79.9. The zero-order valence-electron chi connectivity index (χ0n) is 10.0. The van der Waals surface area contributed by atoms with E-state index in [1.165, 1.54) is 0 Å². The molecule has 0 aliphatic rings. The lowest BCUT2D eigenvalue weighted by atomic mass is 10.3. The minimum atomic E-state index is -0.158. The van der Waals surface area contributed by atoms with E-state index in [4.69, 9.17) is 0 Å². The lowest BCUT2D eigenvalue weighted by Gasteiger charge is -2.11. The number of nitrogens with one attached hydrogen (secondary N) is 1. The van der Waals surface area contributed by atoms with E-state index in [1.807, 2.05) is 13.8 Å². The van der Waals surface area contributed by atoms with Crippen molar-refractivity contribution in [3.63, 3.8) is 0 Å². The van der Waals surface area contributed by atoms with Crippen LogP contribution in [0, 0.1) is 13.8 Å². The molecule has 0 atom stereocenters. The Morgan fingerprint density at radius 2 is 2.12 bits per heavy atom. The summed E-state index contributed by atoms with van der Waals surface area (Å²) in [6, 6.07) is 0. The van der Waals surface area contributed by atoms with Crippen molar-refractivity contribution in [2.75, 3.05) is 13.1 Å². The summed E-state index contributed by atoms with van der Waals surface area (Å²) in [5.74, 6) is 0. The first-order valence-corrected chi connectivity index (χ1v) is 6.31. The van der Waals surface area contributed by atoms with Crippen LogP contribution in [0.25, 0.3) is 0 Å². The molecule has 0 fully saturated rings. The summed E-state index contributed by atoms with van der Waals surface area (Å²) in [4.78, 5) is 15.7. The van der Waals surface area contributed by atoms with Crippen LogP contribution in [0.1, 0.15) is 24.7 Å². The fourth-order valence-corrected chi connectivity index (χ4v) is 1.88. The SMILES string of the molecule is CCNCCCn1c(C)c(Br)c(C)nc1=O. The van der Waals surface area contributed by atoms with Crippen molar-refractivity contribution in [1.82, 2.24) is 14.9 Å². The molecule has 4 nitrogen and oxygen atoms in total. The summed E-state index contributed by atoms with van der Waals surface area (Å²) >= 11 is 3.45. The summed E-state index contributed by atoms with van der Waals surface area (Å²) in [5.41, 5.74) is 1.55. The molecule has 0 spiro atoms. The smallest absolute Gasteiger partial charge is 0.317 e. The summed E-state index contributed by atoms with van der Waals surface area (Å²) < 4.78 is 2.64. The Kier molecular flexibility index (Phi) is 5.15. The fourth-order valence-electron chi connectivity index (χ4n) is 1.58. The van der Waals surface area contributed by atoms with Crippen LogP contribution >= 0.6 is 15.9 Å². The highest BCUT2D eigenvalue weighted by Crippen LogP contribution is 2.16. The van der Waals surface area contributed by atoms with E-state index in [0.29, 0.717) is 6.54 Å². The third-order valence-electron chi connectivity index (χ3n) is 2.52. The van der Waals surface area contributed by atoms with Crippen molar-refractivity contribution < 1.29 is 0 Å². The van der Waals surface area contributed by atoms with E-state index >= 15 is 0 Å². The minimum Gasteiger partial charge on any atom is -0.317 e. The Hall–Kier alpha value is -0.680. The number of rotatable bonds is 5. The van der Waals surface area contributed by atoms with E-state index in [1.54, 1.807) is 4.57 Å². The Labute approximate surface area is 104 Å². The van der Waals surface area contributed by atoms with Crippen molar-refractivity contribution >= 4 is 15.9 Å². The second-order valence-electron chi connectivity index (χ2n) is 3.74. The van der Waals surface area contributed by atoms with Gasteiger partial charge in [-0.1, -0.05) is 6.92 Å². The van der Waals surface area contributed by atoms with E-state index in [0.717, 1.165) is 35.4 Å². The van der Waals surface area contributed by atoms with Gasteiger partial charge in [-0.25, -0.2) is 4.79 Å². The van der Waals surface area contributed by atoms with Crippen molar-refractivity contribution in [3.8, 4) is 0 Å². The highest BCUT2D eigenvalue weighted by Gasteiger charge is 2.08. The normalized spacial score (nSPS) is 10.8. The zero-order valence-corrected chi connectivity index (χ0v) is 11.6. The molecule has 5 heteroatoms. The van der Waals surface area contributed by atoms with Crippen LogP contribution in [0.4, 0.5) is 0 Å². The van der Waals surface area contributed by atoms with Gasteiger partial charge in [0.25, 0.3) is 0 Å². The van der Waals surface area contributed by atoms with Gasteiger partial charge in [0.15, 0.2) is 0 Å². The standard InChI is InChI=1S/C11H18BrN3O/c1-4-13-6-5-7-15-9(3)10(12)8(2)14-11(15)16/h13H,4-7H2,1-3H3. The Morgan fingerprint density at radius 3 is 2.75 bits per heavy atom. The third kappa shape index (κ3) is 3.15. The maximum absolute atomic E-state index is 11.7. The number of hydrogen-bond acceptors (Lipinski definition) is 3. The molecule has 1 N–H and O–H groups in total. The van der Waals surface area contributed by atoms with Crippen LogP contribution in [0.5, 0.6) is 0 Å². The average molecular weight is 288 g/mol. The number of aryl methyl sites for hydroxylation is 1. The maximum Gasteiger partial charge on any atom is 0.348 e. The van der Waals surface area contributed by atoms with Gasteiger partial charge in [0.1, 0.15) is 0 Å². The molecule has 0 aliphatic carbocycles. The van der Waals surface area contributed by atoms with Crippen LogP contribution in [-0.4, -0.2) is 22.6 Å². The first kappa shape index (κ1) is 13.4. The van der Waals surface area contributed by atoms with Gasteiger partial charge in [0, 0.05) is 12.2 Å². The van der Waals surface area contributed by atoms with Gasteiger partial charge in [-0.2, -0.15) is 4.98 Å². The van der Waals surface area contributed by atoms with Gasteiger partial charge < -0.3 is 5.32 Å². The Bertz CT molecular complexity index is 414. The van der Waals surface area contributed by atoms with Crippen molar-refractivity contribution in [2.24, 2.45) is 0 Å². The lowest BCUT2D eigenvalue weighted by Crippen LogP contribution is -2.28. The molecule has 1 aromatic rings. The van der Waals surface area contributed by atoms with Crippen molar-refractivity contribution in [2.45, 2.75) is 33.7 Å². The van der Waals surface area contributed by atoms with Crippen LogP contribution in [0.2, 0.25) is 0 Å². The number of halogens is 1. The summed E-state index contributed by atoms with van der Waals surface area (Å²) in [6.07, 6.45) is 0.936. The average Bonchev–Trinajstić information content (AvgIpc) is 2.25. The molecular formula is C11H18BrN3O. The molecule has 0 amide bonds. The quantitative estimate of drug-likeness (QED) is 0.838. The molecule has 0 unspecified atom stereocenters. The van der Waals surface area contributed by atoms with Gasteiger partial charge in [0.05, 0.1) is 10.2 Å². The van der Waals surface area contributed by atoms with Gasteiger partial charge >= 0.3 is 5.69 Å². The fraction of sp³-hybridized carbons (Fsp3) is 0.636. The second kappa shape index (κ2) is 6.15. The van der Waals surface area contributed by atoms with Crippen LogP contribution in [0.3, 0.4) is 0 Å². The van der Waals surface area contributed by atoms with Crippen molar-refractivity contribution in [1.29, 1.82) is 0 Å². The topological polar surface area (TPSA) is 46.9 Å². The number of hydrogen-bond donors (Lipinski definition) is 1. The van der Waals surface area contributed by atoms with E-state index in [2.05, 4.69) is 33.2 Å². The van der Waals surface area contributed by atoms with E-state index in [-0.39, 0.29) is 5.69 Å². The molecule has 0 radical (unpaired) electrons. The lowest BCUT2D eigenvalue weighted by molar-refractivity contribution is 0.557. The molecule has 1 rings (SSSR count). The molecular weight excluding hydrogens is 270 g/mol. The van der Waals surface area contributed by atoms with Crippen LogP contribution in [-0.2, 0) is 6.54 Å². The predicted octanol–water partition coefficient (Wildman–Crippen LogP) is 1.62. The Balaban J connectivity index is 2.80. The number of nitrogens with zero attached hydrogens (tertiary/aromatic N) is 2. The monoisotopic (exact) mass is 287 g/mol. The molecule has 0 bridgehead atoms. The summed E-state index contributed by atoms with van der Waals surface area (Å²) in [5, 5.41) is 3.24. The second-order valence-corrected chi connectivity index (χ2v) is 4.53. The zero-order chi connectivity index (χ0) is 12.1. The molecule has 0 aliphatic heterocycles. The van der Waals surface area contributed by atoms with Gasteiger partial charge in [0.2, 0.25) is 0 Å². The highest BCUT2D eigenvalue weighted by molar-refractivity contribution is 9.10. The maximum atomic E-state index is 11.7. The van der Waals surface area contributed by atoms with Crippen LogP contribution < -0.4 is 11.0 Å². The van der Waals surface area contributed by atoms with E-state index in [9.17, 15) is 4.79 Å². The molecule has 0 saturated carbocycles. The number of aromatic nitrogens is 2. The third-order valence-corrected chi connectivity index (χ3v) is 3.67. The molecule has 90 valence electrons. The predicted molar refractivity (Wildman–Crippen MR) is 68.8 cm³/mol.